The van der Waals surface area contributed by atoms with Gasteiger partial charge >= 0.3 is 0 Å². The minimum atomic E-state index is -0.200. The fourth-order valence-electron chi connectivity index (χ4n) is 1.16. The van der Waals surface area contributed by atoms with E-state index >= 15 is 0 Å². The second-order valence-corrected chi connectivity index (χ2v) is 4.99. The van der Waals surface area contributed by atoms with Crippen molar-refractivity contribution in [3.63, 3.8) is 0 Å². The van der Waals surface area contributed by atoms with Crippen molar-refractivity contribution in [3.8, 4) is 0 Å². The molecule has 7 heteroatoms. The lowest BCUT2D eigenvalue weighted by molar-refractivity contribution is 0.102. The maximum atomic E-state index is 11.8. The molecule has 0 bridgehead atoms. The average Bonchev–Trinajstić information content (AvgIpc) is 2.78. The maximum Gasteiger partial charge on any atom is 0.257 e. The zero-order valence-electron chi connectivity index (χ0n) is 8.76. The fourth-order valence-corrected chi connectivity index (χ4v) is 2.53. The number of alkyl halides is 1. The van der Waals surface area contributed by atoms with Crippen LogP contribution in [0.1, 0.15) is 15.4 Å². The van der Waals surface area contributed by atoms with Crippen molar-refractivity contribution in [3.05, 3.63) is 35.1 Å². The highest BCUT2D eigenvalue weighted by atomic mass is 79.9. The molecule has 88 valence electrons. The molecule has 0 aliphatic carbocycles. The Morgan fingerprint density at radius 1 is 1.35 bits per heavy atom. The summed E-state index contributed by atoms with van der Waals surface area (Å²) in [5, 5.41) is 12.8. The molecule has 0 saturated heterocycles. The van der Waals surface area contributed by atoms with E-state index in [-0.39, 0.29) is 5.91 Å². The van der Waals surface area contributed by atoms with Crippen molar-refractivity contribution in [1.29, 1.82) is 0 Å². The number of aryl methyl sites for hydroxylation is 1. The second kappa shape index (κ2) is 5.83. The number of halogens is 1. The van der Waals surface area contributed by atoms with Gasteiger partial charge in [0.05, 0.1) is 0 Å². The Labute approximate surface area is 110 Å². The summed E-state index contributed by atoms with van der Waals surface area (Å²) in [5.41, 5.74) is 0.553. The van der Waals surface area contributed by atoms with E-state index in [1.165, 1.54) is 11.3 Å². The van der Waals surface area contributed by atoms with Gasteiger partial charge in [-0.1, -0.05) is 27.3 Å². The predicted octanol–water partition coefficient (Wildman–Crippen LogP) is 2.12. The summed E-state index contributed by atoms with van der Waals surface area (Å²) in [6.45, 7) is 0. The van der Waals surface area contributed by atoms with E-state index in [4.69, 9.17) is 0 Å². The number of rotatable bonds is 4. The number of hydrogen-bond acceptors (Lipinski definition) is 5. The molecule has 0 fully saturated rings. The SMILES string of the molecule is O=C(Nc1nnc(CCBr)s1)c1ccncc1. The first-order valence-corrected chi connectivity index (χ1v) is 6.83. The number of nitrogens with zero attached hydrogens (tertiary/aromatic N) is 3. The molecule has 0 radical (unpaired) electrons. The van der Waals surface area contributed by atoms with Gasteiger partial charge in [-0.15, -0.1) is 10.2 Å². The highest BCUT2D eigenvalue weighted by molar-refractivity contribution is 9.09. The van der Waals surface area contributed by atoms with Crippen LogP contribution in [0.15, 0.2) is 24.5 Å². The van der Waals surface area contributed by atoms with E-state index in [1.54, 1.807) is 24.5 Å². The largest absolute Gasteiger partial charge is 0.296 e. The third-order valence-corrected chi connectivity index (χ3v) is 3.23. The monoisotopic (exact) mass is 312 g/mol. The number of anilines is 1. The van der Waals surface area contributed by atoms with Crippen LogP contribution < -0.4 is 5.32 Å². The number of amides is 1. The van der Waals surface area contributed by atoms with Crippen LogP contribution in [0.3, 0.4) is 0 Å². The summed E-state index contributed by atoms with van der Waals surface area (Å²) in [7, 11) is 0. The molecule has 0 aromatic carbocycles. The standard InChI is InChI=1S/C10H9BrN4OS/c11-4-1-8-14-15-10(17-8)13-9(16)7-2-5-12-6-3-7/h2-3,5-6H,1,4H2,(H,13,15,16). The summed E-state index contributed by atoms with van der Waals surface area (Å²) in [5.74, 6) is -0.200. The zero-order valence-corrected chi connectivity index (χ0v) is 11.2. The molecule has 0 unspecified atom stereocenters. The van der Waals surface area contributed by atoms with Crippen LogP contribution in [-0.4, -0.2) is 26.4 Å². The molecule has 2 rings (SSSR count). The first-order chi connectivity index (χ1) is 8.29. The normalized spacial score (nSPS) is 10.2. The second-order valence-electron chi connectivity index (χ2n) is 3.13. The lowest BCUT2D eigenvalue weighted by atomic mass is 10.2. The third-order valence-electron chi connectivity index (χ3n) is 1.94. The minimum absolute atomic E-state index is 0.200. The van der Waals surface area contributed by atoms with Gasteiger partial charge in [0.2, 0.25) is 5.13 Å². The summed E-state index contributed by atoms with van der Waals surface area (Å²) < 4.78 is 0. The van der Waals surface area contributed by atoms with E-state index < -0.39 is 0 Å². The minimum Gasteiger partial charge on any atom is -0.296 e. The van der Waals surface area contributed by atoms with E-state index in [2.05, 4.69) is 36.4 Å². The van der Waals surface area contributed by atoms with Gasteiger partial charge in [-0.2, -0.15) is 0 Å². The summed E-state index contributed by atoms with van der Waals surface area (Å²) in [4.78, 5) is 15.6. The lowest BCUT2D eigenvalue weighted by Crippen LogP contribution is -2.11. The van der Waals surface area contributed by atoms with Gasteiger partial charge in [-0.3, -0.25) is 15.1 Å². The molecule has 0 aliphatic rings. The van der Waals surface area contributed by atoms with E-state index in [1.807, 2.05) is 0 Å². The zero-order chi connectivity index (χ0) is 12.1. The molecule has 0 atom stereocenters. The smallest absolute Gasteiger partial charge is 0.257 e. The quantitative estimate of drug-likeness (QED) is 0.878. The Morgan fingerprint density at radius 3 is 2.82 bits per heavy atom. The van der Waals surface area contributed by atoms with Crippen LogP contribution >= 0.6 is 27.3 Å². The third kappa shape index (κ3) is 3.31. The molecule has 0 aliphatic heterocycles. The highest BCUT2D eigenvalue weighted by Gasteiger charge is 2.09. The Kier molecular flexibility index (Phi) is 4.16. The number of aromatic nitrogens is 3. The van der Waals surface area contributed by atoms with Gasteiger partial charge in [0.1, 0.15) is 5.01 Å². The number of carbonyl (C=O) groups is 1. The molecule has 1 amide bonds. The van der Waals surface area contributed by atoms with Crippen molar-refractivity contribution in [1.82, 2.24) is 15.2 Å². The van der Waals surface area contributed by atoms with Crippen LogP contribution in [0.4, 0.5) is 5.13 Å². The lowest BCUT2D eigenvalue weighted by Gasteiger charge is -1.99. The molecule has 2 aromatic heterocycles. The van der Waals surface area contributed by atoms with Gasteiger partial charge in [0.15, 0.2) is 0 Å². The molecule has 0 saturated carbocycles. The summed E-state index contributed by atoms with van der Waals surface area (Å²) in [6, 6.07) is 3.30. The van der Waals surface area contributed by atoms with E-state index in [0.717, 1.165) is 16.8 Å². The Bertz CT molecular complexity index is 502. The highest BCUT2D eigenvalue weighted by Crippen LogP contribution is 2.16. The van der Waals surface area contributed by atoms with Crippen LogP contribution in [-0.2, 0) is 6.42 Å². The predicted molar refractivity (Wildman–Crippen MR) is 69.6 cm³/mol. The van der Waals surface area contributed by atoms with Crippen molar-refractivity contribution in [2.75, 3.05) is 10.6 Å². The first-order valence-electron chi connectivity index (χ1n) is 4.89. The topological polar surface area (TPSA) is 67.8 Å². The van der Waals surface area contributed by atoms with Crippen molar-refractivity contribution < 1.29 is 4.79 Å². The van der Waals surface area contributed by atoms with Gasteiger partial charge in [-0.05, 0) is 12.1 Å². The van der Waals surface area contributed by atoms with E-state index in [9.17, 15) is 4.79 Å². The van der Waals surface area contributed by atoms with Gasteiger partial charge in [0.25, 0.3) is 5.91 Å². The van der Waals surface area contributed by atoms with Gasteiger partial charge < -0.3 is 0 Å². The first kappa shape index (κ1) is 12.1. The van der Waals surface area contributed by atoms with Crippen LogP contribution in [0.2, 0.25) is 0 Å². The molecule has 5 nitrogen and oxygen atoms in total. The van der Waals surface area contributed by atoms with E-state index in [0.29, 0.717) is 10.7 Å². The van der Waals surface area contributed by atoms with Crippen LogP contribution in [0, 0.1) is 0 Å². The molecule has 2 heterocycles. The van der Waals surface area contributed by atoms with Gasteiger partial charge in [0, 0.05) is 29.7 Å². The number of hydrogen-bond donors (Lipinski definition) is 1. The van der Waals surface area contributed by atoms with Crippen LogP contribution in [0.5, 0.6) is 0 Å². The summed E-state index contributed by atoms with van der Waals surface area (Å²) in [6.07, 6.45) is 3.96. The molecule has 1 N–H and O–H groups in total. The average molecular weight is 313 g/mol. The molecule has 0 spiro atoms. The van der Waals surface area contributed by atoms with Crippen molar-refractivity contribution in [2.24, 2.45) is 0 Å². The summed E-state index contributed by atoms with van der Waals surface area (Å²) >= 11 is 4.71. The molecular formula is C10H9BrN4OS. The Balaban J connectivity index is 2.03. The fraction of sp³-hybridized carbons (Fsp3) is 0.200. The number of pyridine rings is 1. The van der Waals surface area contributed by atoms with Crippen molar-refractivity contribution >= 4 is 38.3 Å². The number of carbonyl (C=O) groups excluding carboxylic acids is 1. The Morgan fingerprint density at radius 2 is 2.12 bits per heavy atom. The van der Waals surface area contributed by atoms with Gasteiger partial charge in [-0.25, -0.2) is 0 Å². The maximum absolute atomic E-state index is 11.8. The van der Waals surface area contributed by atoms with Crippen molar-refractivity contribution in [2.45, 2.75) is 6.42 Å². The number of nitrogens with one attached hydrogen (secondary N) is 1. The van der Waals surface area contributed by atoms with Crippen LogP contribution in [0.25, 0.3) is 0 Å². The molecule has 17 heavy (non-hydrogen) atoms. The molecule has 2 aromatic rings. The Hall–Kier alpha value is -1.34. The molecular weight excluding hydrogens is 304 g/mol.